The number of ketones is 8. The summed E-state index contributed by atoms with van der Waals surface area (Å²) in [6, 6.07) is 0. The summed E-state index contributed by atoms with van der Waals surface area (Å²) in [5, 5.41) is 159. The molecule has 0 amide bonds. The standard InChI is InChI=1S/2C8H14O3.2C7H12O3.2C6H10O3.2C5H8O3.2C4H10O.8C3H8O.5Ti/c2*1-2-3-4-5-7(9)6-8(10)11;2*1-2-3-4-6(8)5-7(9)10;2*1-2-3-5(7)4-6(8)9;2*1-2-4(6)3-5(7)8;2*1-2-3-4-5;8*1-3(2)4;;;;;/h2*2-6H2,1H3,(H,10,11);2*2-5H2,1H3,(H,9,10);2*2-4H2,1H3,(H,8,9);2*2-3H2,1H3,(H,7,8);2*5H,2-4H2,1H3;8*3-4H,1-2H3;;;;;/q;;;;;;;;;;;;;;;;;;5*+2/p-8. The van der Waals surface area contributed by atoms with Gasteiger partial charge in [0.15, 0.2) is 0 Å². The number of unbranched alkanes of at least 4 members (excludes halogenated alkanes) is 8. The van der Waals surface area contributed by atoms with Crippen LogP contribution >= 0.6 is 0 Å². The number of carbonyl (C=O) groups excluding carboxylic acids is 16. The molecule has 0 saturated carbocycles. The van der Waals surface area contributed by atoms with Crippen LogP contribution in [0, 0.1) is 0 Å². The Morgan fingerprint density at radius 2 is 0.301 bits per heavy atom. The Labute approximate surface area is 812 Å². The van der Waals surface area contributed by atoms with Crippen LogP contribution in [-0.4, -0.2) is 207 Å². The molecule has 0 aromatic rings. The molecule has 0 spiro atoms. The van der Waals surface area contributed by atoms with Crippen molar-refractivity contribution in [3.63, 3.8) is 0 Å². The van der Waals surface area contributed by atoms with E-state index < -0.39 is 99.1 Å². The molecule has 0 rings (SSSR count). The fourth-order valence-electron chi connectivity index (χ4n) is 4.83. The molecule has 0 fully saturated rings. The van der Waals surface area contributed by atoms with Gasteiger partial charge in [0.05, 0.1) is 0 Å². The van der Waals surface area contributed by atoms with Crippen LogP contribution in [0.5, 0.6) is 0 Å². The van der Waals surface area contributed by atoms with Crippen LogP contribution in [0.1, 0.15) is 385 Å². The Morgan fingerprint density at radius 3 is 0.382 bits per heavy atom. The van der Waals surface area contributed by atoms with Crippen molar-refractivity contribution in [2.75, 3.05) is 13.2 Å². The van der Waals surface area contributed by atoms with E-state index in [2.05, 4.69) is 13.8 Å². The summed E-state index contributed by atoms with van der Waals surface area (Å²) in [4.78, 5) is 162. The van der Waals surface area contributed by atoms with E-state index in [-0.39, 0.29) is 217 Å². The van der Waals surface area contributed by atoms with Gasteiger partial charge in [-0.05, 0) is 162 Å². The summed E-state index contributed by atoms with van der Waals surface area (Å²) in [5.41, 5.74) is 0. The van der Waals surface area contributed by atoms with Crippen LogP contribution in [0.3, 0.4) is 0 Å². The number of rotatable bonds is 40. The minimum atomic E-state index is -1.29. The van der Waals surface area contributed by atoms with Gasteiger partial charge in [0.1, 0.15) is 46.3 Å². The molecule has 0 aliphatic rings. The average molecular weight is 1960 g/mol. The van der Waals surface area contributed by atoms with Gasteiger partial charge in [0.2, 0.25) is 0 Å². The van der Waals surface area contributed by atoms with Gasteiger partial charge in [-0.2, -0.15) is 0 Å². The molecule has 722 valence electrons. The maximum Gasteiger partial charge on any atom is 2.00 e. The van der Waals surface area contributed by atoms with Crippen molar-refractivity contribution in [3.8, 4) is 0 Å². The van der Waals surface area contributed by atoms with E-state index in [0.29, 0.717) is 64.6 Å². The largest absolute Gasteiger partial charge is 2.00 e. The van der Waals surface area contributed by atoms with Crippen LogP contribution in [0.15, 0.2) is 0 Å². The molecule has 0 unspecified atom stereocenters. The summed E-state index contributed by atoms with van der Waals surface area (Å²) in [6.07, 6.45) is 12.4. The van der Waals surface area contributed by atoms with Crippen LogP contribution in [0.25, 0.3) is 0 Å². The second kappa shape index (κ2) is 156. The first-order valence-electron chi connectivity index (χ1n) is 40.4. The number of aliphatic hydroxyl groups excluding tert-OH is 10. The molecular weight excluding hydrogens is 1790 g/mol. The number of hydrogen-bond donors (Lipinski definition) is 10. The molecule has 0 radical (unpaired) electrons. The summed E-state index contributed by atoms with van der Waals surface area (Å²) in [5.74, 6) is -12.2. The zero-order chi connectivity index (χ0) is 97.9. The first kappa shape index (κ1) is 180. The molecule has 123 heavy (non-hydrogen) atoms. The Kier molecular flexibility index (Phi) is 228. The molecular formula is C84H164O34Ti5+2. The maximum absolute atomic E-state index is 10.7. The van der Waals surface area contributed by atoms with Crippen molar-refractivity contribution in [1.29, 1.82) is 0 Å². The third-order valence-electron chi connectivity index (χ3n) is 9.34. The van der Waals surface area contributed by atoms with Gasteiger partial charge in [0, 0.05) is 213 Å². The second-order valence-corrected chi connectivity index (χ2v) is 26.9. The smallest absolute Gasteiger partial charge is 0.550 e. The van der Waals surface area contributed by atoms with Gasteiger partial charge in [0.25, 0.3) is 0 Å². The zero-order valence-corrected chi connectivity index (χ0v) is 87.2. The Hall–Kier alpha value is -3.71. The van der Waals surface area contributed by atoms with E-state index in [1.807, 2.05) is 41.5 Å². The first-order chi connectivity index (χ1) is 54.0. The number of carboxylic acids is 8. The monoisotopic (exact) mass is 1960 g/mol. The SMILES string of the molecule is CC(C)O.CC(C)O.CC(C)O.CC(C)O.CC(C)O.CC(C)O.CC(C)O.CC(C)O.CCC(=O)CC(=O)[O-].CCC(=O)CC(=O)[O-].CCCC(=O)CC(=O)[O-].CCCC(=O)CC(=O)[O-].CCCCC(=O)CC(=O)[O-].CCCCC(=O)CC(=O)[O-].CCCCCC(=O)CC(=O)[O-].CCCCCC(=O)CC(=O)[O-].CCCCO.CCCCO.[Ti+2].[Ti+2].[Ti+2].[Ti+2].[Ti+2]. The van der Waals surface area contributed by atoms with Gasteiger partial charge >= 0.3 is 109 Å². The Morgan fingerprint density at radius 1 is 0.187 bits per heavy atom. The van der Waals surface area contributed by atoms with Gasteiger partial charge in [-0.1, -0.05) is 121 Å². The fourth-order valence-corrected chi connectivity index (χ4v) is 4.83. The van der Waals surface area contributed by atoms with E-state index in [0.717, 1.165) is 89.9 Å². The van der Waals surface area contributed by atoms with Crippen molar-refractivity contribution < 1.29 is 277 Å². The number of hydrogen-bond acceptors (Lipinski definition) is 34. The first-order valence-corrected chi connectivity index (χ1v) is 40.4. The normalized spacial score (nSPS) is 8.68. The van der Waals surface area contributed by atoms with Gasteiger partial charge in [-0.15, -0.1) is 0 Å². The van der Waals surface area contributed by atoms with Crippen LogP contribution in [0.2, 0.25) is 0 Å². The van der Waals surface area contributed by atoms with Crippen molar-refractivity contribution in [3.05, 3.63) is 0 Å². The van der Waals surface area contributed by atoms with Crippen LogP contribution in [-0.2, 0) is 185 Å². The van der Waals surface area contributed by atoms with E-state index in [4.69, 9.17) is 51.1 Å². The summed E-state index contributed by atoms with van der Waals surface area (Å²) < 4.78 is 0. The average Bonchev–Trinajstić information content (AvgIpc) is 1.04. The van der Waals surface area contributed by atoms with Crippen molar-refractivity contribution in [2.24, 2.45) is 0 Å². The zero-order valence-electron chi connectivity index (χ0n) is 79.4. The molecule has 0 aliphatic carbocycles. The molecule has 0 aromatic carbocycles. The molecule has 0 heterocycles. The number of Topliss-reactive ketones (excluding diaryl/α,β-unsaturated/α-hetero) is 8. The predicted molar refractivity (Wildman–Crippen MR) is 438 cm³/mol. The quantitative estimate of drug-likeness (QED) is 0.0239. The minimum absolute atomic E-state index is 0. The van der Waals surface area contributed by atoms with Crippen LogP contribution < -0.4 is 40.9 Å². The third-order valence-corrected chi connectivity index (χ3v) is 9.34. The maximum atomic E-state index is 10.7. The van der Waals surface area contributed by atoms with Gasteiger partial charge in [-0.3, -0.25) is 38.4 Å². The van der Waals surface area contributed by atoms with Crippen molar-refractivity contribution in [1.82, 2.24) is 0 Å². The van der Waals surface area contributed by atoms with Gasteiger partial charge in [-0.25, -0.2) is 0 Å². The number of aliphatic carboxylic acids is 8. The summed E-state index contributed by atoms with van der Waals surface area (Å²) in [6.45, 7) is 47.2. The van der Waals surface area contributed by atoms with E-state index in [1.54, 1.807) is 125 Å². The molecule has 34 nitrogen and oxygen atoms in total. The summed E-state index contributed by atoms with van der Waals surface area (Å²) in [7, 11) is 0. The molecule has 0 aliphatic heterocycles. The number of carbonyl (C=O) groups is 16. The molecule has 0 atom stereocenters. The number of aliphatic hydroxyl groups is 10. The third kappa shape index (κ3) is 440. The van der Waals surface area contributed by atoms with Crippen molar-refractivity contribution >= 4 is 94.0 Å². The van der Waals surface area contributed by atoms with E-state index >= 15 is 0 Å². The Balaban J connectivity index is -0.0000000414. The molecule has 39 heteroatoms. The summed E-state index contributed by atoms with van der Waals surface area (Å²) >= 11 is 0. The molecule has 10 N–H and O–H groups in total. The number of carboxylic acid groups (broad SMARTS) is 8. The van der Waals surface area contributed by atoms with Crippen LogP contribution in [0.4, 0.5) is 0 Å². The fraction of sp³-hybridized carbons (Fsp3) is 0.810. The minimum Gasteiger partial charge on any atom is -0.550 e. The van der Waals surface area contributed by atoms with E-state index in [1.165, 1.54) is 0 Å². The molecule has 0 saturated heterocycles. The van der Waals surface area contributed by atoms with Gasteiger partial charge < -0.3 is 130 Å². The molecule has 0 aromatic heterocycles. The Bertz CT molecular complexity index is 2060. The predicted octanol–water partition coefficient (Wildman–Crippen LogP) is 2.17. The second-order valence-electron chi connectivity index (χ2n) is 26.9. The van der Waals surface area contributed by atoms with Crippen molar-refractivity contribution in [2.45, 2.75) is 434 Å². The van der Waals surface area contributed by atoms with E-state index in [9.17, 15) is 118 Å². The molecule has 0 bridgehead atoms. The topological polar surface area (TPSA) is 660 Å².